The molecule has 0 fully saturated rings. The van der Waals surface area contributed by atoms with Crippen molar-refractivity contribution in [2.75, 3.05) is 5.75 Å². The number of hydrogen-bond acceptors (Lipinski definition) is 6. The van der Waals surface area contributed by atoms with E-state index < -0.39 is 0 Å². The van der Waals surface area contributed by atoms with Gasteiger partial charge in [0.25, 0.3) is 0 Å². The van der Waals surface area contributed by atoms with Crippen molar-refractivity contribution < 1.29 is 5.21 Å². The van der Waals surface area contributed by atoms with Gasteiger partial charge < -0.3 is 10.9 Å². The molecule has 0 bridgehead atoms. The monoisotopic (exact) mass is 232 g/mol. The summed E-state index contributed by atoms with van der Waals surface area (Å²) >= 11 is 3.11. The molecule has 1 aromatic heterocycles. The Hall–Kier alpha value is -0.820. The van der Waals surface area contributed by atoms with Crippen LogP contribution >= 0.6 is 23.1 Å². The molecule has 1 rings (SSSR count). The summed E-state index contributed by atoms with van der Waals surface area (Å²) in [6, 6.07) is 0. The van der Waals surface area contributed by atoms with Crippen LogP contribution in [0.5, 0.6) is 0 Å². The van der Waals surface area contributed by atoms with Crippen molar-refractivity contribution in [1.82, 2.24) is 10.2 Å². The van der Waals surface area contributed by atoms with E-state index in [9.17, 15) is 0 Å². The lowest BCUT2D eigenvalue weighted by atomic mass is 10.2. The van der Waals surface area contributed by atoms with Crippen LogP contribution in [0.4, 0.5) is 0 Å². The molecule has 0 aromatic carbocycles. The number of rotatable bonds is 4. The van der Waals surface area contributed by atoms with E-state index in [0.29, 0.717) is 0 Å². The largest absolute Gasteiger partial charge is 0.409 e. The smallest absolute Gasteiger partial charge is 0.174 e. The van der Waals surface area contributed by atoms with Gasteiger partial charge in [-0.05, 0) is 6.92 Å². The molecule has 7 heteroatoms. The van der Waals surface area contributed by atoms with Gasteiger partial charge in [-0.1, -0.05) is 35.2 Å². The topological polar surface area (TPSA) is 84.4 Å². The van der Waals surface area contributed by atoms with Gasteiger partial charge in [-0.15, -0.1) is 10.2 Å². The third-order valence-corrected chi connectivity index (χ3v) is 3.82. The molecule has 0 aliphatic carbocycles. The summed E-state index contributed by atoms with van der Waals surface area (Å²) in [6.45, 7) is 3.81. The Labute approximate surface area is 90.4 Å². The van der Waals surface area contributed by atoms with Gasteiger partial charge in [0.2, 0.25) is 0 Å². The van der Waals surface area contributed by atoms with Crippen molar-refractivity contribution in [3.05, 3.63) is 5.01 Å². The van der Waals surface area contributed by atoms with Crippen molar-refractivity contribution >= 4 is 28.9 Å². The molecule has 0 amide bonds. The standard InChI is InChI=1S/C7H12N4OS2/c1-4(6(8)11-12)3-13-7-10-9-5(2)14-7/h4,12H,3H2,1-2H3,(H2,8,11). The maximum Gasteiger partial charge on any atom is 0.174 e. The van der Waals surface area contributed by atoms with Gasteiger partial charge in [-0.2, -0.15) is 0 Å². The zero-order chi connectivity index (χ0) is 10.6. The van der Waals surface area contributed by atoms with Crippen LogP contribution in [-0.4, -0.2) is 27.0 Å². The van der Waals surface area contributed by atoms with E-state index in [2.05, 4.69) is 15.4 Å². The van der Waals surface area contributed by atoms with Crippen molar-refractivity contribution in [3.63, 3.8) is 0 Å². The minimum atomic E-state index is 0.0363. The highest BCUT2D eigenvalue weighted by Crippen LogP contribution is 2.23. The van der Waals surface area contributed by atoms with E-state index in [4.69, 9.17) is 10.9 Å². The third-order valence-electron chi connectivity index (χ3n) is 1.58. The fourth-order valence-electron chi connectivity index (χ4n) is 0.717. The fourth-order valence-corrected chi connectivity index (χ4v) is 2.60. The predicted molar refractivity (Wildman–Crippen MR) is 57.9 cm³/mol. The normalized spacial score (nSPS) is 14.3. The maximum atomic E-state index is 8.43. The van der Waals surface area contributed by atoms with Gasteiger partial charge in [0, 0.05) is 11.7 Å². The van der Waals surface area contributed by atoms with E-state index >= 15 is 0 Å². The molecule has 78 valence electrons. The van der Waals surface area contributed by atoms with Crippen LogP contribution in [0, 0.1) is 12.8 Å². The van der Waals surface area contributed by atoms with E-state index in [1.54, 1.807) is 23.1 Å². The first-order valence-electron chi connectivity index (χ1n) is 4.03. The predicted octanol–water partition coefficient (Wildman–Crippen LogP) is 1.32. The molecule has 0 aliphatic rings. The molecule has 14 heavy (non-hydrogen) atoms. The first-order valence-corrected chi connectivity index (χ1v) is 5.84. The minimum absolute atomic E-state index is 0.0363. The molecule has 1 atom stereocenters. The van der Waals surface area contributed by atoms with E-state index in [1.165, 1.54) is 0 Å². The molecule has 0 aliphatic heterocycles. The number of nitrogens with zero attached hydrogens (tertiary/aromatic N) is 3. The Morgan fingerprint density at radius 2 is 2.43 bits per heavy atom. The highest BCUT2D eigenvalue weighted by molar-refractivity contribution is 8.01. The molecule has 0 saturated carbocycles. The zero-order valence-corrected chi connectivity index (χ0v) is 9.60. The van der Waals surface area contributed by atoms with Gasteiger partial charge in [0.05, 0.1) is 0 Å². The van der Waals surface area contributed by atoms with Crippen LogP contribution in [0.3, 0.4) is 0 Å². The Kier molecular flexibility index (Phi) is 4.15. The first-order chi connectivity index (χ1) is 6.63. The lowest BCUT2D eigenvalue weighted by molar-refractivity contribution is 0.315. The van der Waals surface area contributed by atoms with E-state index in [1.807, 2.05) is 13.8 Å². The average molecular weight is 232 g/mol. The Balaban J connectivity index is 2.41. The zero-order valence-electron chi connectivity index (χ0n) is 7.97. The maximum absolute atomic E-state index is 8.43. The third kappa shape index (κ3) is 3.15. The molecule has 3 N–H and O–H groups in total. The SMILES string of the molecule is Cc1nnc(SCC(C)/C(N)=N/O)s1. The summed E-state index contributed by atoms with van der Waals surface area (Å²) in [7, 11) is 0. The fraction of sp³-hybridized carbons (Fsp3) is 0.571. The lowest BCUT2D eigenvalue weighted by Crippen LogP contribution is -2.22. The Morgan fingerprint density at radius 1 is 1.71 bits per heavy atom. The summed E-state index contributed by atoms with van der Waals surface area (Å²) in [5.41, 5.74) is 5.44. The molecule has 0 spiro atoms. The number of aryl methyl sites for hydroxylation is 1. The molecule has 0 saturated heterocycles. The minimum Gasteiger partial charge on any atom is -0.409 e. The number of oxime groups is 1. The van der Waals surface area contributed by atoms with Crippen LogP contribution < -0.4 is 5.73 Å². The Bertz CT molecular complexity index is 325. The van der Waals surface area contributed by atoms with Crippen LogP contribution in [0.2, 0.25) is 0 Å². The number of nitrogens with two attached hydrogens (primary N) is 1. The molecule has 1 aromatic rings. The van der Waals surface area contributed by atoms with E-state index in [-0.39, 0.29) is 11.8 Å². The molecule has 5 nitrogen and oxygen atoms in total. The molecule has 0 radical (unpaired) electrons. The van der Waals surface area contributed by atoms with Crippen LogP contribution in [0.15, 0.2) is 9.50 Å². The van der Waals surface area contributed by atoms with Crippen LogP contribution in [-0.2, 0) is 0 Å². The molecule has 1 unspecified atom stereocenters. The lowest BCUT2D eigenvalue weighted by Gasteiger charge is -2.06. The van der Waals surface area contributed by atoms with Gasteiger partial charge in [-0.25, -0.2) is 0 Å². The average Bonchev–Trinajstić information content (AvgIpc) is 2.59. The van der Waals surface area contributed by atoms with Crippen LogP contribution in [0.1, 0.15) is 11.9 Å². The highest BCUT2D eigenvalue weighted by Gasteiger charge is 2.09. The summed E-state index contributed by atoms with van der Waals surface area (Å²) in [5.74, 6) is 1.03. The quantitative estimate of drug-likeness (QED) is 0.269. The first kappa shape index (κ1) is 11.3. The van der Waals surface area contributed by atoms with Gasteiger partial charge in [0.15, 0.2) is 4.34 Å². The van der Waals surface area contributed by atoms with Gasteiger partial charge in [0.1, 0.15) is 10.8 Å². The van der Waals surface area contributed by atoms with E-state index in [0.717, 1.165) is 15.1 Å². The number of thioether (sulfide) groups is 1. The number of hydrogen-bond donors (Lipinski definition) is 2. The van der Waals surface area contributed by atoms with Gasteiger partial charge >= 0.3 is 0 Å². The molecular formula is C7H12N4OS2. The highest BCUT2D eigenvalue weighted by atomic mass is 32.2. The summed E-state index contributed by atoms with van der Waals surface area (Å²) in [5, 5.41) is 20.2. The van der Waals surface area contributed by atoms with Crippen molar-refractivity contribution in [2.24, 2.45) is 16.8 Å². The van der Waals surface area contributed by atoms with Crippen molar-refractivity contribution in [3.8, 4) is 0 Å². The second kappa shape index (κ2) is 5.16. The number of amidine groups is 1. The summed E-state index contributed by atoms with van der Waals surface area (Å²) in [6.07, 6.45) is 0. The van der Waals surface area contributed by atoms with Gasteiger partial charge in [-0.3, -0.25) is 0 Å². The molecular weight excluding hydrogens is 220 g/mol. The van der Waals surface area contributed by atoms with Crippen molar-refractivity contribution in [1.29, 1.82) is 0 Å². The van der Waals surface area contributed by atoms with Crippen LogP contribution in [0.25, 0.3) is 0 Å². The summed E-state index contributed by atoms with van der Waals surface area (Å²) < 4.78 is 0.917. The summed E-state index contributed by atoms with van der Waals surface area (Å²) in [4.78, 5) is 0. The van der Waals surface area contributed by atoms with Crippen molar-refractivity contribution in [2.45, 2.75) is 18.2 Å². The Morgan fingerprint density at radius 3 is 2.93 bits per heavy atom. The second-order valence-corrected chi connectivity index (χ2v) is 5.27. The number of aromatic nitrogens is 2. The second-order valence-electron chi connectivity index (χ2n) is 2.82. The molecule has 1 heterocycles.